The van der Waals surface area contributed by atoms with Crippen LogP contribution in [0, 0.1) is 5.41 Å². The van der Waals surface area contributed by atoms with E-state index in [0.717, 1.165) is 5.33 Å². The molecule has 1 atom stereocenters. The van der Waals surface area contributed by atoms with Gasteiger partial charge in [0.15, 0.2) is 0 Å². The topological polar surface area (TPSA) is 0 Å². The molecule has 0 aliphatic heterocycles. The van der Waals surface area contributed by atoms with E-state index < -0.39 is 0 Å². The molecule has 0 aromatic heterocycles. The maximum atomic E-state index is 3.58. The summed E-state index contributed by atoms with van der Waals surface area (Å²) < 4.78 is 0. The van der Waals surface area contributed by atoms with Crippen molar-refractivity contribution < 1.29 is 0 Å². The summed E-state index contributed by atoms with van der Waals surface area (Å²) in [6.45, 7) is 6.84. The van der Waals surface area contributed by atoms with Crippen LogP contribution in [0.3, 0.4) is 0 Å². The van der Waals surface area contributed by atoms with Crippen molar-refractivity contribution in [3.8, 4) is 0 Å². The fourth-order valence-electron chi connectivity index (χ4n) is 0.667. The lowest BCUT2D eigenvalue weighted by Gasteiger charge is -2.18. The standard InChI is InChI=1S/C8H16Br2/c1-8(2,3)5-4-7(10)6-9/h7H,4-6H2,1-3H3. The van der Waals surface area contributed by atoms with E-state index in [0.29, 0.717) is 10.2 Å². The van der Waals surface area contributed by atoms with Crippen LogP contribution in [0.25, 0.3) is 0 Å². The molecule has 0 aliphatic carbocycles. The Balaban J connectivity index is 3.36. The maximum absolute atomic E-state index is 3.58. The van der Waals surface area contributed by atoms with Crippen LogP contribution < -0.4 is 0 Å². The van der Waals surface area contributed by atoms with Crippen molar-refractivity contribution in [3.05, 3.63) is 0 Å². The fourth-order valence-corrected chi connectivity index (χ4v) is 1.22. The molecule has 0 bridgehead atoms. The number of rotatable bonds is 3. The second-order valence-electron chi connectivity index (χ2n) is 3.85. The Morgan fingerprint density at radius 2 is 1.80 bits per heavy atom. The molecule has 0 nitrogen and oxygen atoms in total. The van der Waals surface area contributed by atoms with Crippen LogP contribution >= 0.6 is 31.9 Å². The Morgan fingerprint density at radius 1 is 1.30 bits per heavy atom. The molecule has 0 spiro atoms. The van der Waals surface area contributed by atoms with Gasteiger partial charge in [-0.15, -0.1) is 0 Å². The Hall–Kier alpha value is 0.960. The molecule has 0 saturated heterocycles. The summed E-state index contributed by atoms with van der Waals surface area (Å²) in [5.41, 5.74) is 0.480. The minimum Gasteiger partial charge on any atom is -0.0916 e. The molecule has 1 unspecified atom stereocenters. The third-order valence-electron chi connectivity index (χ3n) is 1.38. The van der Waals surface area contributed by atoms with Gasteiger partial charge in [0.2, 0.25) is 0 Å². The molecule has 10 heavy (non-hydrogen) atoms. The molecule has 0 aromatic rings. The van der Waals surface area contributed by atoms with Crippen LogP contribution in [-0.2, 0) is 0 Å². The predicted octanol–water partition coefficient (Wildman–Crippen LogP) is 3.97. The number of hydrogen-bond donors (Lipinski definition) is 0. The van der Waals surface area contributed by atoms with Crippen molar-refractivity contribution in [2.24, 2.45) is 5.41 Å². The van der Waals surface area contributed by atoms with Crippen molar-refractivity contribution in [1.82, 2.24) is 0 Å². The van der Waals surface area contributed by atoms with Crippen LogP contribution in [-0.4, -0.2) is 10.2 Å². The third-order valence-corrected chi connectivity index (χ3v) is 3.81. The minimum atomic E-state index is 0.480. The molecular weight excluding hydrogens is 256 g/mol. The maximum Gasteiger partial charge on any atom is 0.0243 e. The summed E-state index contributed by atoms with van der Waals surface area (Å²) >= 11 is 7.02. The van der Waals surface area contributed by atoms with Crippen molar-refractivity contribution in [2.75, 3.05) is 5.33 Å². The van der Waals surface area contributed by atoms with Gasteiger partial charge in [0.1, 0.15) is 0 Å². The zero-order chi connectivity index (χ0) is 8.20. The lowest BCUT2D eigenvalue weighted by Crippen LogP contribution is -2.09. The molecule has 0 N–H and O–H groups in total. The largest absolute Gasteiger partial charge is 0.0916 e. The summed E-state index contributed by atoms with van der Waals surface area (Å²) in [6, 6.07) is 0. The zero-order valence-electron chi connectivity index (χ0n) is 6.95. The van der Waals surface area contributed by atoms with Gasteiger partial charge in [-0.05, 0) is 18.3 Å². The second kappa shape index (κ2) is 4.76. The monoisotopic (exact) mass is 270 g/mol. The molecule has 0 amide bonds. The summed E-state index contributed by atoms with van der Waals surface area (Å²) in [4.78, 5) is 0.645. The summed E-state index contributed by atoms with van der Waals surface area (Å²) in [6.07, 6.45) is 2.54. The SMILES string of the molecule is CC(C)(C)CCC(Br)CBr. The highest BCUT2D eigenvalue weighted by atomic mass is 79.9. The van der Waals surface area contributed by atoms with Crippen LogP contribution in [0.1, 0.15) is 33.6 Å². The quantitative estimate of drug-likeness (QED) is 0.682. The second-order valence-corrected chi connectivity index (χ2v) is 5.79. The smallest absolute Gasteiger partial charge is 0.0243 e. The highest BCUT2D eigenvalue weighted by Gasteiger charge is 2.12. The summed E-state index contributed by atoms with van der Waals surface area (Å²) in [5.74, 6) is 0. The normalized spacial score (nSPS) is 15.3. The molecule has 0 fully saturated rings. The van der Waals surface area contributed by atoms with Crippen molar-refractivity contribution in [1.29, 1.82) is 0 Å². The van der Waals surface area contributed by atoms with Gasteiger partial charge >= 0.3 is 0 Å². The van der Waals surface area contributed by atoms with Crippen molar-refractivity contribution >= 4 is 31.9 Å². The Kier molecular flexibility index (Phi) is 5.22. The predicted molar refractivity (Wildman–Crippen MR) is 55.2 cm³/mol. The molecule has 0 aliphatic rings. The van der Waals surface area contributed by atoms with Gasteiger partial charge in [-0.1, -0.05) is 52.6 Å². The van der Waals surface area contributed by atoms with Gasteiger partial charge in [0.25, 0.3) is 0 Å². The van der Waals surface area contributed by atoms with Crippen LogP contribution in [0.15, 0.2) is 0 Å². The van der Waals surface area contributed by atoms with E-state index in [2.05, 4.69) is 52.6 Å². The van der Waals surface area contributed by atoms with E-state index in [9.17, 15) is 0 Å². The highest BCUT2D eigenvalue weighted by Crippen LogP contribution is 2.24. The van der Waals surface area contributed by atoms with Gasteiger partial charge in [-0.25, -0.2) is 0 Å². The van der Waals surface area contributed by atoms with Gasteiger partial charge in [0, 0.05) is 10.2 Å². The van der Waals surface area contributed by atoms with Gasteiger partial charge in [-0.2, -0.15) is 0 Å². The van der Waals surface area contributed by atoms with Crippen LogP contribution in [0.5, 0.6) is 0 Å². The lowest BCUT2D eigenvalue weighted by molar-refractivity contribution is 0.367. The van der Waals surface area contributed by atoms with E-state index >= 15 is 0 Å². The molecule has 0 heterocycles. The molecule has 0 rings (SSSR count). The molecule has 0 radical (unpaired) electrons. The van der Waals surface area contributed by atoms with Gasteiger partial charge < -0.3 is 0 Å². The van der Waals surface area contributed by atoms with Crippen molar-refractivity contribution in [2.45, 2.75) is 38.4 Å². The van der Waals surface area contributed by atoms with E-state index in [1.165, 1.54) is 12.8 Å². The average molecular weight is 272 g/mol. The molecule has 0 saturated carbocycles. The van der Waals surface area contributed by atoms with Gasteiger partial charge in [-0.3, -0.25) is 0 Å². The highest BCUT2D eigenvalue weighted by molar-refractivity contribution is 9.12. The molecule has 2 heteroatoms. The summed E-state index contributed by atoms with van der Waals surface area (Å²) in [7, 11) is 0. The van der Waals surface area contributed by atoms with Crippen molar-refractivity contribution in [3.63, 3.8) is 0 Å². The number of alkyl halides is 2. The summed E-state index contributed by atoms with van der Waals surface area (Å²) in [5, 5.41) is 1.06. The number of halogens is 2. The van der Waals surface area contributed by atoms with Crippen LogP contribution in [0.4, 0.5) is 0 Å². The van der Waals surface area contributed by atoms with E-state index in [-0.39, 0.29) is 0 Å². The van der Waals surface area contributed by atoms with E-state index in [1.807, 2.05) is 0 Å². The first-order valence-electron chi connectivity index (χ1n) is 3.66. The first-order valence-corrected chi connectivity index (χ1v) is 5.69. The first kappa shape index (κ1) is 11.0. The Morgan fingerprint density at radius 3 is 2.10 bits per heavy atom. The fraction of sp³-hybridized carbons (Fsp3) is 1.00. The average Bonchev–Trinajstić information content (AvgIpc) is 1.81. The third kappa shape index (κ3) is 7.07. The van der Waals surface area contributed by atoms with E-state index in [1.54, 1.807) is 0 Å². The Labute approximate surface area is 81.0 Å². The van der Waals surface area contributed by atoms with Crippen LogP contribution in [0.2, 0.25) is 0 Å². The lowest BCUT2D eigenvalue weighted by atomic mass is 9.90. The van der Waals surface area contributed by atoms with E-state index in [4.69, 9.17) is 0 Å². The minimum absolute atomic E-state index is 0.480. The first-order chi connectivity index (χ1) is 4.45. The van der Waals surface area contributed by atoms with Gasteiger partial charge in [0.05, 0.1) is 0 Å². The molecule has 0 aromatic carbocycles. The zero-order valence-corrected chi connectivity index (χ0v) is 10.1. The molecule has 62 valence electrons. The number of hydrogen-bond acceptors (Lipinski definition) is 0. The molecular formula is C8H16Br2. The Bertz CT molecular complexity index is 83.7.